The van der Waals surface area contributed by atoms with Crippen LogP contribution >= 0.6 is 11.3 Å². The number of benzene rings is 1. The molecule has 2 aromatic heterocycles. The van der Waals surface area contributed by atoms with Crippen molar-refractivity contribution in [3.8, 4) is 0 Å². The third kappa shape index (κ3) is 2.87. The highest BCUT2D eigenvalue weighted by Crippen LogP contribution is 2.17. The van der Waals surface area contributed by atoms with E-state index in [0.29, 0.717) is 11.5 Å². The van der Waals surface area contributed by atoms with Gasteiger partial charge in [0.1, 0.15) is 5.01 Å². The smallest absolute Gasteiger partial charge is 0.275 e. The number of aromatic nitrogens is 3. The fraction of sp³-hybridized carbons (Fsp3) is 0.312. The van der Waals surface area contributed by atoms with E-state index in [1.807, 2.05) is 6.92 Å². The number of rotatable bonds is 4. The molecule has 3 rings (SSSR count). The lowest BCUT2D eigenvalue weighted by Gasteiger charge is -2.09. The van der Waals surface area contributed by atoms with Gasteiger partial charge in [-0.25, -0.2) is 4.98 Å². The maximum Gasteiger partial charge on any atom is 0.275 e. The summed E-state index contributed by atoms with van der Waals surface area (Å²) in [7, 11) is 0. The number of hydrogen-bond donors (Lipinski definition) is 1. The SMILES string of the molecule is CCc1nn2c(=O)cc(CNc3ccc(C)cc3C)nc2s1. The number of aryl methyl sites for hydroxylation is 3. The molecule has 1 aromatic carbocycles. The molecule has 1 N–H and O–H groups in total. The van der Waals surface area contributed by atoms with Crippen LogP contribution in [0.2, 0.25) is 0 Å². The first-order valence-corrected chi connectivity index (χ1v) is 8.08. The molecule has 3 aromatic rings. The monoisotopic (exact) mass is 314 g/mol. The number of hydrogen-bond acceptors (Lipinski definition) is 5. The fourth-order valence-electron chi connectivity index (χ4n) is 2.33. The first kappa shape index (κ1) is 14.7. The second kappa shape index (κ2) is 5.88. The van der Waals surface area contributed by atoms with Gasteiger partial charge < -0.3 is 5.32 Å². The third-order valence-corrected chi connectivity index (χ3v) is 4.54. The summed E-state index contributed by atoms with van der Waals surface area (Å²) in [6, 6.07) is 7.79. The Bertz CT molecular complexity index is 881. The van der Waals surface area contributed by atoms with Crippen molar-refractivity contribution in [2.45, 2.75) is 33.7 Å². The molecule has 6 heteroatoms. The summed E-state index contributed by atoms with van der Waals surface area (Å²) < 4.78 is 1.38. The molecule has 0 fully saturated rings. The minimum atomic E-state index is -0.127. The molecular formula is C16H18N4OS. The lowest BCUT2D eigenvalue weighted by molar-refractivity contribution is 0.846. The zero-order chi connectivity index (χ0) is 15.7. The maximum absolute atomic E-state index is 12.1. The largest absolute Gasteiger partial charge is 0.379 e. The van der Waals surface area contributed by atoms with E-state index >= 15 is 0 Å². The molecule has 22 heavy (non-hydrogen) atoms. The Balaban J connectivity index is 1.86. The van der Waals surface area contributed by atoms with Gasteiger partial charge in [0.15, 0.2) is 0 Å². The predicted molar refractivity (Wildman–Crippen MR) is 89.8 cm³/mol. The van der Waals surface area contributed by atoms with E-state index in [0.717, 1.165) is 22.8 Å². The van der Waals surface area contributed by atoms with Crippen molar-refractivity contribution in [3.63, 3.8) is 0 Å². The first-order valence-electron chi connectivity index (χ1n) is 7.26. The van der Waals surface area contributed by atoms with Gasteiger partial charge in [0.2, 0.25) is 4.96 Å². The van der Waals surface area contributed by atoms with Gasteiger partial charge in [-0.2, -0.15) is 9.61 Å². The molecule has 0 saturated carbocycles. The topological polar surface area (TPSA) is 59.3 Å². The highest BCUT2D eigenvalue weighted by molar-refractivity contribution is 7.16. The molecule has 5 nitrogen and oxygen atoms in total. The van der Waals surface area contributed by atoms with Gasteiger partial charge in [0.05, 0.1) is 12.2 Å². The normalized spacial score (nSPS) is 11.0. The zero-order valence-electron chi connectivity index (χ0n) is 12.9. The molecule has 0 atom stereocenters. The van der Waals surface area contributed by atoms with Crippen molar-refractivity contribution >= 4 is 22.0 Å². The summed E-state index contributed by atoms with van der Waals surface area (Å²) in [4.78, 5) is 17.3. The lowest BCUT2D eigenvalue weighted by atomic mass is 10.1. The Morgan fingerprint density at radius 1 is 1.27 bits per heavy atom. The number of anilines is 1. The Morgan fingerprint density at radius 3 is 2.82 bits per heavy atom. The van der Waals surface area contributed by atoms with Crippen LogP contribution in [0.1, 0.15) is 28.8 Å². The Kier molecular flexibility index (Phi) is 3.94. The van der Waals surface area contributed by atoms with E-state index in [1.54, 1.807) is 6.07 Å². The molecule has 0 radical (unpaired) electrons. The van der Waals surface area contributed by atoms with E-state index in [9.17, 15) is 4.79 Å². The minimum absolute atomic E-state index is 0.127. The summed E-state index contributed by atoms with van der Waals surface area (Å²) in [5, 5.41) is 8.52. The number of nitrogens with zero attached hydrogens (tertiary/aromatic N) is 3. The van der Waals surface area contributed by atoms with Crippen molar-refractivity contribution in [2.75, 3.05) is 5.32 Å². The van der Waals surface area contributed by atoms with Gasteiger partial charge in [-0.1, -0.05) is 36.0 Å². The summed E-state index contributed by atoms with van der Waals surface area (Å²) in [5.74, 6) is 0. The summed E-state index contributed by atoms with van der Waals surface area (Å²) >= 11 is 1.47. The van der Waals surface area contributed by atoms with Crippen LogP contribution in [0.5, 0.6) is 0 Å². The molecule has 0 aliphatic heterocycles. The number of nitrogens with one attached hydrogen (secondary N) is 1. The molecular weight excluding hydrogens is 296 g/mol. The Morgan fingerprint density at radius 2 is 2.09 bits per heavy atom. The molecule has 0 aliphatic carbocycles. The van der Waals surface area contributed by atoms with Crippen LogP contribution in [0.3, 0.4) is 0 Å². The molecule has 0 saturated heterocycles. The lowest BCUT2D eigenvalue weighted by Crippen LogP contribution is -2.17. The molecule has 114 valence electrons. The van der Waals surface area contributed by atoms with Crippen LogP contribution < -0.4 is 10.9 Å². The predicted octanol–water partition coefficient (Wildman–Crippen LogP) is 2.94. The van der Waals surface area contributed by atoms with Crippen molar-refractivity contribution in [3.05, 3.63) is 56.4 Å². The highest BCUT2D eigenvalue weighted by Gasteiger charge is 2.08. The van der Waals surface area contributed by atoms with Crippen molar-refractivity contribution in [2.24, 2.45) is 0 Å². The standard InChI is InChI=1S/C16H18N4OS/c1-4-14-19-20-15(21)8-12(18-16(20)22-14)9-17-13-6-5-10(2)7-11(13)3/h5-8,17H,4,9H2,1-3H3. The van der Waals surface area contributed by atoms with Crippen molar-refractivity contribution in [1.29, 1.82) is 0 Å². The summed E-state index contributed by atoms with van der Waals surface area (Å²) in [6.07, 6.45) is 0.809. The third-order valence-electron chi connectivity index (χ3n) is 3.48. The summed E-state index contributed by atoms with van der Waals surface area (Å²) in [6.45, 7) is 6.68. The fourth-order valence-corrected chi connectivity index (χ4v) is 3.18. The second-order valence-corrected chi connectivity index (χ2v) is 6.34. The van der Waals surface area contributed by atoms with Gasteiger partial charge in [-0.05, 0) is 31.9 Å². The van der Waals surface area contributed by atoms with Crippen molar-refractivity contribution < 1.29 is 0 Å². The minimum Gasteiger partial charge on any atom is -0.379 e. The van der Waals surface area contributed by atoms with Crippen LogP contribution in [0, 0.1) is 13.8 Å². The Labute approximate surface area is 132 Å². The van der Waals surface area contributed by atoms with E-state index in [4.69, 9.17) is 0 Å². The highest BCUT2D eigenvalue weighted by atomic mass is 32.1. The van der Waals surface area contributed by atoms with E-state index < -0.39 is 0 Å². The average molecular weight is 314 g/mol. The van der Waals surface area contributed by atoms with Gasteiger partial charge >= 0.3 is 0 Å². The molecule has 0 amide bonds. The quantitative estimate of drug-likeness (QED) is 0.804. The van der Waals surface area contributed by atoms with Gasteiger partial charge in [-0.15, -0.1) is 0 Å². The Hall–Kier alpha value is -2.21. The van der Waals surface area contributed by atoms with Crippen LogP contribution in [-0.2, 0) is 13.0 Å². The van der Waals surface area contributed by atoms with Gasteiger partial charge in [0.25, 0.3) is 5.56 Å². The van der Waals surface area contributed by atoms with E-state index in [-0.39, 0.29) is 5.56 Å². The maximum atomic E-state index is 12.1. The van der Waals surface area contributed by atoms with Crippen LogP contribution in [0.4, 0.5) is 5.69 Å². The van der Waals surface area contributed by atoms with Crippen LogP contribution in [0.15, 0.2) is 29.1 Å². The van der Waals surface area contributed by atoms with Crippen LogP contribution in [-0.4, -0.2) is 14.6 Å². The van der Waals surface area contributed by atoms with E-state index in [2.05, 4.69) is 47.4 Å². The van der Waals surface area contributed by atoms with Gasteiger partial charge in [0, 0.05) is 11.8 Å². The first-order chi connectivity index (χ1) is 10.6. The second-order valence-electron chi connectivity index (χ2n) is 5.30. The molecule has 0 aliphatic rings. The van der Waals surface area contributed by atoms with E-state index in [1.165, 1.54) is 27.0 Å². The number of fused-ring (bicyclic) bond motifs is 1. The molecule has 2 heterocycles. The molecule has 0 unspecified atom stereocenters. The van der Waals surface area contributed by atoms with Crippen LogP contribution in [0.25, 0.3) is 4.96 Å². The van der Waals surface area contributed by atoms with Crippen molar-refractivity contribution in [1.82, 2.24) is 14.6 Å². The molecule has 0 spiro atoms. The molecule has 0 bridgehead atoms. The average Bonchev–Trinajstić information content (AvgIpc) is 2.90. The van der Waals surface area contributed by atoms with Gasteiger partial charge in [-0.3, -0.25) is 4.79 Å². The summed E-state index contributed by atoms with van der Waals surface area (Å²) in [5.41, 5.74) is 4.09. The zero-order valence-corrected chi connectivity index (χ0v) is 13.7.